The zero-order valence-corrected chi connectivity index (χ0v) is 17.6. The lowest BCUT2D eigenvalue weighted by molar-refractivity contribution is 0.0930. The minimum atomic E-state index is -0.411. The van der Waals surface area contributed by atoms with E-state index in [0.717, 1.165) is 30.8 Å². The summed E-state index contributed by atoms with van der Waals surface area (Å²) in [7, 11) is 1.51. The Morgan fingerprint density at radius 2 is 2.12 bits per heavy atom. The fourth-order valence-corrected chi connectivity index (χ4v) is 4.31. The molecule has 2 unspecified atom stereocenters. The molecule has 1 aromatic heterocycles. The third-order valence-corrected chi connectivity index (χ3v) is 5.84. The number of hydrazone groups is 1. The molecule has 2 aromatic rings. The summed E-state index contributed by atoms with van der Waals surface area (Å²) in [6, 6.07) is 11.4. The molecule has 3 aliphatic heterocycles. The highest BCUT2D eigenvalue weighted by molar-refractivity contribution is 5.96. The van der Waals surface area contributed by atoms with E-state index in [2.05, 4.69) is 20.3 Å². The minimum Gasteiger partial charge on any atom is -0.481 e. The number of aliphatic imine (C=N–C) groups is 1. The second-order valence-corrected chi connectivity index (χ2v) is 7.83. The highest BCUT2D eigenvalue weighted by Crippen LogP contribution is 2.34. The summed E-state index contributed by atoms with van der Waals surface area (Å²) in [6.07, 6.45) is 7.00. The average Bonchev–Trinajstić information content (AvgIpc) is 3.46. The van der Waals surface area contributed by atoms with E-state index in [9.17, 15) is 9.18 Å². The zero-order chi connectivity index (χ0) is 22.1. The fourth-order valence-electron chi connectivity index (χ4n) is 4.31. The van der Waals surface area contributed by atoms with Crippen LogP contribution < -0.4 is 10.1 Å². The van der Waals surface area contributed by atoms with Crippen LogP contribution in [0, 0.1) is 5.82 Å². The highest BCUT2D eigenvalue weighted by atomic mass is 19.1. The van der Waals surface area contributed by atoms with Gasteiger partial charge in [-0.2, -0.15) is 5.10 Å². The molecule has 0 aliphatic carbocycles. The number of amides is 1. The molecule has 1 N–H and O–H groups in total. The van der Waals surface area contributed by atoms with Crippen molar-refractivity contribution in [2.45, 2.75) is 31.1 Å². The molecule has 4 heterocycles. The first-order valence-corrected chi connectivity index (χ1v) is 10.5. The molecule has 0 radical (unpaired) electrons. The van der Waals surface area contributed by atoms with Crippen LogP contribution in [0.5, 0.6) is 5.88 Å². The Morgan fingerprint density at radius 3 is 2.97 bits per heavy atom. The number of aromatic nitrogens is 1. The molecule has 0 bridgehead atoms. The first-order chi connectivity index (χ1) is 15.6. The van der Waals surface area contributed by atoms with E-state index in [4.69, 9.17) is 9.73 Å². The van der Waals surface area contributed by atoms with E-state index in [1.54, 1.807) is 41.6 Å². The third kappa shape index (κ3) is 3.81. The second kappa shape index (κ2) is 8.41. The van der Waals surface area contributed by atoms with Crippen molar-refractivity contribution >= 4 is 18.0 Å². The van der Waals surface area contributed by atoms with Crippen LogP contribution in [0.4, 0.5) is 4.39 Å². The van der Waals surface area contributed by atoms with Gasteiger partial charge in [-0.25, -0.2) is 19.4 Å². The number of benzene rings is 1. The number of nitrogens with one attached hydrogen (secondary N) is 1. The number of fused-ring (bicyclic) bond motifs is 1. The quantitative estimate of drug-likeness (QED) is 0.800. The number of carbonyl (C=O) groups is 1. The maximum absolute atomic E-state index is 13.8. The van der Waals surface area contributed by atoms with Gasteiger partial charge < -0.3 is 15.0 Å². The first kappa shape index (κ1) is 20.2. The highest BCUT2D eigenvalue weighted by Gasteiger charge is 2.36. The normalized spacial score (nSPS) is 23.8. The molecule has 0 spiro atoms. The van der Waals surface area contributed by atoms with Crippen LogP contribution in [0.2, 0.25) is 0 Å². The Bertz CT molecular complexity index is 1120. The second-order valence-electron chi connectivity index (χ2n) is 7.83. The lowest BCUT2D eigenvalue weighted by atomic mass is 10.0. The van der Waals surface area contributed by atoms with Crippen molar-refractivity contribution in [3.8, 4) is 5.88 Å². The van der Waals surface area contributed by atoms with E-state index in [0.29, 0.717) is 5.88 Å². The van der Waals surface area contributed by atoms with Crippen molar-refractivity contribution in [2.75, 3.05) is 13.7 Å². The van der Waals surface area contributed by atoms with Crippen molar-refractivity contribution in [2.24, 2.45) is 10.1 Å². The van der Waals surface area contributed by atoms with Crippen molar-refractivity contribution in [1.82, 2.24) is 20.2 Å². The number of halogens is 1. The Kier molecular flexibility index (Phi) is 5.30. The standard InChI is InChI=1S/C23H23FN6O2/c1-32-21-9-3-7-17(26-21)23(31)27-18-14-25-30-12-10-20(28-22(18)30)29-11-4-8-19(29)15-5-2-6-16(24)13-15/h2-3,5-7,9-10,12-14,18-19,22H,4,8,11H2,1H3,(H,27,31)/t18?,19-,22?/m1/s1. The van der Waals surface area contributed by atoms with Crippen molar-refractivity contribution in [3.63, 3.8) is 0 Å². The van der Waals surface area contributed by atoms with Gasteiger partial charge >= 0.3 is 0 Å². The van der Waals surface area contributed by atoms with Crippen LogP contribution >= 0.6 is 0 Å². The number of methoxy groups -OCH3 is 1. The smallest absolute Gasteiger partial charge is 0.270 e. The predicted octanol–water partition coefficient (Wildman–Crippen LogP) is 2.72. The molecule has 3 atom stereocenters. The Labute approximate surface area is 185 Å². The maximum atomic E-state index is 13.8. The van der Waals surface area contributed by atoms with E-state index >= 15 is 0 Å². The van der Waals surface area contributed by atoms with E-state index < -0.39 is 12.2 Å². The topological polar surface area (TPSA) is 82.4 Å². The molecule has 1 saturated heterocycles. The number of likely N-dealkylation sites (tertiary alicyclic amines) is 1. The lowest BCUT2D eigenvalue weighted by Crippen LogP contribution is -2.47. The van der Waals surface area contributed by atoms with Crippen LogP contribution in [0.25, 0.3) is 0 Å². The van der Waals surface area contributed by atoms with Crippen molar-refractivity contribution in [1.29, 1.82) is 0 Å². The van der Waals surface area contributed by atoms with Gasteiger partial charge in [0, 0.05) is 18.8 Å². The molecule has 164 valence electrons. The molecule has 1 amide bonds. The molecule has 3 aliphatic rings. The lowest BCUT2D eigenvalue weighted by Gasteiger charge is -2.32. The number of rotatable bonds is 4. The average molecular weight is 434 g/mol. The largest absolute Gasteiger partial charge is 0.481 e. The van der Waals surface area contributed by atoms with Gasteiger partial charge in [0.25, 0.3) is 5.91 Å². The molecular weight excluding hydrogens is 411 g/mol. The summed E-state index contributed by atoms with van der Waals surface area (Å²) in [5, 5.41) is 9.03. The van der Waals surface area contributed by atoms with E-state index in [1.807, 2.05) is 18.3 Å². The van der Waals surface area contributed by atoms with E-state index in [1.165, 1.54) is 13.2 Å². The minimum absolute atomic E-state index is 0.0667. The van der Waals surface area contributed by atoms with Gasteiger partial charge in [0.05, 0.1) is 19.4 Å². The summed E-state index contributed by atoms with van der Waals surface area (Å²) in [5.74, 6) is 0.618. The van der Waals surface area contributed by atoms with Gasteiger partial charge in [0.2, 0.25) is 5.88 Å². The third-order valence-electron chi connectivity index (χ3n) is 5.84. The number of hydrogen-bond acceptors (Lipinski definition) is 7. The number of ether oxygens (including phenoxy) is 1. The van der Waals surface area contributed by atoms with Gasteiger partial charge in [0.1, 0.15) is 23.4 Å². The Morgan fingerprint density at radius 1 is 1.25 bits per heavy atom. The number of pyridine rings is 1. The molecule has 5 rings (SSSR count). The molecule has 0 saturated carbocycles. The SMILES string of the molecule is COc1cccc(C(=O)NC2C=NN3C=CC(N4CCC[C@@H]4c4cccc(F)c4)=NC23)n1. The van der Waals surface area contributed by atoms with Gasteiger partial charge in [-0.1, -0.05) is 18.2 Å². The Balaban J connectivity index is 1.34. The summed E-state index contributed by atoms with van der Waals surface area (Å²) in [6.45, 7) is 0.836. The zero-order valence-electron chi connectivity index (χ0n) is 17.6. The van der Waals surface area contributed by atoms with Gasteiger partial charge in [0.15, 0.2) is 6.17 Å². The Hall–Kier alpha value is -3.75. The van der Waals surface area contributed by atoms with Crippen LogP contribution in [0.3, 0.4) is 0 Å². The van der Waals surface area contributed by atoms with Gasteiger partial charge in [-0.05, 0) is 42.7 Å². The van der Waals surface area contributed by atoms with Gasteiger partial charge in [-0.3, -0.25) is 4.79 Å². The molecule has 32 heavy (non-hydrogen) atoms. The van der Waals surface area contributed by atoms with Crippen molar-refractivity contribution < 1.29 is 13.9 Å². The molecule has 1 fully saturated rings. The molecule has 8 nitrogen and oxygen atoms in total. The van der Waals surface area contributed by atoms with Crippen LogP contribution in [-0.2, 0) is 0 Å². The van der Waals surface area contributed by atoms with Crippen molar-refractivity contribution in [3.05, 3.63) is 71.8 Å². The molecule has 1 aromatic carbocycles. The molecule has 9 heteroatoms. The number of nitrogens with zero attached hydrogens (tertiary/aromatic N) is 5. The van der Waals surface area contributed by atoms with E-state index in [-0.39, 0.29) is 23.5 Å². The summed E-state index contributed by atoms with van der Waals surface area (Å²) in [5.41, 5.74) is 1.20. The number of carbonyl (C=O) groups excluding carboxylic acids is 1. The van der Waals surface area contributed by atoms with Crippen LogP contribution in [0.15, 0.2) is 64.8 Å². The summed E-state index contributed by atoms with van der Waals surface area (Å²) in [4.78, 5) is 24.0. The van der Waals surface area contributed by atoms with Crippen LogP contribution in [-0.4, -0.2) is 58.7 Å². The molecular formula is C23H23FN6O2. The fraction of sp³-hybridized carbons (Fsp3) is 0.304. The summed E-state index contributed by atoms with van der Waals surface area (Å²) < 4.78 is 18.9. The number of amidine groups is 1. The maximum Gasteiger partial charge on any atom is 0.270 e. The van der Waals surface area contributed by atoms with Gasteiger partial charge in [-0.15, -0.1) is 0 Å². The first-order valence-electron chi connectivity index (χ1n) is 10.5. The summed E-state index contributed by atoms with van der Waals surface area (Å²) >= 11 is 0. The number of hydrogen-bond donors (Lipinski definition) is 1. The predicted molar refractivity (Wildman–Crippen MR) is 118 cm³/mol. The monoisotopic (exact) mass is 434 g/mol. The van der Waals surface area contributed by atoms with Crippen LogP contribution in [0.1, 0.15) is 34.9 Å².